The highest BCUT2D eigenvalue weighted by Gasteiger charge is 2.24. The minimum atomic E-state index is -4.24. The Morgan fingerprint density at radius 1 is 0.906 bits per heavy atom. The van der Waals surface area contributed by atoms with Gasteiger partial charge in [-0.05, 0) is 24.3 Å². The smallest absolute Gasteiger partial charge is 0.238 e. The molecule has 10 heteroatoms. The topological polar surface area (TPSA) is 116 Å². The van der Waals surface area contributed by atoms with E-state index in [1.807, 2.05) is 0 Å². The fraction of sp³-hybridized carbons (Fsp3) is 0.0909. The lowest BCUT2D eigenvalue weighted by molar-refractivity contribution is 0.395. The summed E-state index contributed by atoms with van der Waals surface area (Å²) in [5.74, 6) is 0.359. The van der Waals surface area contributed by atoms with Gasteiger partial charge in [0, 0.05) is 23.9 Å². The van der Waals surface area contributed by atoms with Crippen LogP contribution < -0.4 is 19.9 Å². The maximum absolute atomic E-state index is 15.0. The summed E-state index contributed by atoms with van der Waals surface area (Å²) in [6.07, 6.45) is 0. The van der Waals surface area contributed by atoms with Crippen LogP contribution in [0.15, 0.2) is 65.6 Å². The minimum absolute atomic E-state index is 0.00684. The highest BCUT2D eigenvalue weighted by atomic mass is 32.2. The van der Waals surface area contributed by atoms with E-state index in [1.165, 1.54) is 26.4 Å². The molecule has 0 amide bonds. The molecular weight excluding hydrogens is 435 g/mol. The van der Waals surface area contributed by atoms with Gasteiger partial charge in [0.25, 0.3) is 0 Å². The maximum atomic E-state index is 15.0. The molecule has 0 aliphatic rings. The first-order valence-electron chi connectivity index (χ1n) is 9.38. The molecule has 0 aliphatic carbocycles. The molecule has 164 valence electrons. The molecule has 0 saturated carbocycles. The number of sulfonamides is 1. The highest BCUT2D eigenvalue weighted by molar-refractivity contribution is 7.89. The molecule has 0 unspecified atom stereocenters. The van der Waals surface area contributed by atoms with Crippen LogP contribution in [-0.4, -0.2) is 32.6 Å². The third kappa shape index (κ3) is 4.18. The molecule has 0 fully saturated rings. The summed E-state index contributed by atoms with van der Waals surface area (Å²) in [7, 11) is -1.22. The van der Waals surface area contributed by atoms with Crippen molar-refractivity contribution in [1.29, 1.82) is 0 Å². The van der Waals surface area contributed by atoms with E-state index < -0.39 is 20.7 Å². The van der Waals surface area contributed by atoms with Crippen LogP contribution in [0.1, 0.15) is 0 Å². The Labute approximate surface area is 183 Å². The summed E-state index contributed by atoms with van der Waals surface area (Å²) in [5, 5.41) is 8.44. The van der Waals surface area contributed by atoms with Crippen molar-refractivity contribution in [2.45, 2.75) is 4.90 Å². The van der Waals surface area contributed by atoms with Crippen molar-refractivity contribution in [3.05, 3.63) is 66.5 Å². The number of nitrogens with zero attached hydrogens (tertiary/aromatic N) is 2. The molecule has 0 bridgehead atoms. The largest absolute Gasteiger partial charge is 0.497 e. The van der Waals surface area contributed by atoms with Crippen LogP contribution in [0, 0.1) is 5.82 Å². The van der Waals surface area contributed by atoms with Gasteiger partial charge in [-0.2, -0.15) is 0 Å². The Morgan fingerprint density at radius 3 is 2.12 bits per heavy atom. The third-order valence-corrected chi connectivity index (χ3v) is 5.66. The van der Waals surface area contributed by atoms with Gasteiger partial charge in [-0.1, -0.05) is 18.2 Å². The van der Waals surface area contributed by atoms with Crippen LogP contribution in [0.25, 0.3) is 22.3 Å². The fourth-order valence-electron chi connectivity index (χ4n) is 3.25. The van der Waals surface area contributed by atoms with Gasteiger partial charge < -0.3 is 14.8 Å². The number of aromatic nitrogens is 2. The molecular formula is C22H19FN4O4S. The second-order valence-electron chi connectivity index (χ2n) is 6.79. The number of methoxy groups -OCH3 is 2. The predicted molar refractivity (Wildman–Crippen MR) is 119 cm³/mol. The zero-order chi connectivity index (χ0) is 22.9. The molecule has 3 aromatic carbocycles. The summed E-state index contributed by atoms with van der Waals surface area (Å²) in [6, 6.07) is 15.7. The lowest BCUT2D eigenvalue weighted by atomic mass is 10.1. The number of hydrogen-bond acceptors (Lipinski definition) is 7. The lowest BCUT2D eigenvalue weighted by Crippen LogP contribution is -2.15. The number of nitrogens with one attached hydrogen (secondary N) is 1. The SMILES string of the molecule is COc1cc(Nc2nc3ccccc3nc2-c2c(F)cccc2S(N)(=O)=O)cc(OC)c1. The Balaban J connectivity index is 1.99. The van der Waals surface area contributed by atoms with E-state index in [1.54, 1.807) is 42.5 Å². The van der Waals surface area contributed by atoms with Crippen molar-refractivity contribution >= 4 is 32.6 Å². The molecule has 8 nitrogen and oxygen atoms in total. The third-order valence-electron chi connectivity index (χ3n) is 4.70. The molecule has 4 rings (SSSR count). The fourth-order valence-corrected chi connectivity index (χ4v) is 4.00. The standard InChI is InChI=1S/C22H19FN4O4S/c1-30-14-10-13(11-15(12-14)31-2)25-22-21(26-17-7-3-4-8-18(17)27-22)20-16(23)6-5-9-19(20)32(24,28)29/h3-12H,1-2H3,(H,25,27)(H2,24,28,29). The predicted octanol–water partition coefficient (Wildman–Crippen LogP) is 3.84. The highest BCUT2D eigenvalue weighted by Crippen LogP contribution is 2.36. The molecule has 32 heavy (non-hydrogen) atoms. The van der Waals surface area contributed by atoms with Crippen LogP contribution >= 0.6 is 0 Å². The molecule has 0 radical (unpaired) electrons. The number of halogens is 1. The van der Waals surface area contributed by atoms with Crippen molar-refractivity contribution in [3.8, 4) is 22.8 Å². The van der Waals surface area contributed by atoms with Gasteiger partial charge in [-0.3, -0.25) is 0 Å². The monoisotopic (exact) mass is 454 g/mol. The Kier molecular flexibility index (Phi) is 5.64. The Bertz CT molecular complexity index is 1400. The second-order valence-corrected chi connectivity index (χ2v) is 8.32. The van der Waals surface area contributed by atoms with E-state index in [0.29, 0.717) is 28.2 Å². The Hall–Kier alpha value is -3.76. The summed E-state index contributed by atoms with van der Waals surface area (Å²) < 4.78 is 49.9. The number of hydrogen-bond donors (Lipinski definition) is 2. The molecule has 1 aromatic heterocycles. The van der Waals surface area contributed by atoms with Crippen molar-refractivity contribution in [1.82, 2.24) is 9.97 Å². The molecule has 0 atom stereocenters. The number of rotatable bonds is 6. The molecule has 0 aliphatic heterocycles. The molecule has 3 N–H and O–H groups in total. The number of primary sulfonamides is 1. The van der Waals surface area contributed by atoms with Crippen molar-refractivity contribution in [2.75, 3.05) is 19.5 Å². The average Bonchev–Trinajstić information content (AvgIpc) is 2.77. The van der Waals surface area contributed by atoms with Crippen LogP contribution in [0.4, 0.5) is 15.9 Å². The minimum Gasteiger partial charge on any atom is -0.497 e. The number of fused-ring (bicyclic) bond motifs is 1. The van der Waals surface area contributed by atoms with Gasteiger partial charge in [0.1, 0.15) is 23.0 Å². The van der Waals surface area contributed by atoms with Crippen molar-refractivity contribution < 1.29 is 22.3 Å². The van der Waals surface area contributed by atoms with Gasteiger partial charge in [0.2, 0.25) is 10.0 Å². The first-order chi connectivity index (χ1) is 15.3. The van der Waals surface area contributed by atoms with E-state index in [9.17, 15) is 12.8 Å². The molecule has 0 saturated heterocycles. The van der Waals surface area contributed by atoms with Crippen LogP contribution in [0.2, 0.25) is 0 Å². The summed E-state index contributed by atoms with van der Waals surface area (Å²) >= 11 is 0. The lowest BCUT2D eigenvalue weighted by Gasteiger charge is -2.16. The molecule has 1 heterocycles. The first kappa shape index (κ1) is 21.5. The van der Waals surface area contributed by atoms with Gasteiger partial charge in [0.15, 0.2) is 5.82 Å². The van der Waals surface area contributed by atoms with E-state index in [-0.39, 0.29) is 17.1 Å². The van der Waals surface area contributed by atoms with E-state index in [0.717, 1.165) is 6.07 Å². The Morgan fingerprint density at radius 2 is 1.53 bits per heavy atom. The zero-order valence-corrected chi connectivity index (χ0v) is 18.0. The normalized spacial score (nSPS) is 11.4. The van der Waals surface area contributed by atoms with E-state index >= 15 is 0 Å². The molecule has 0 spiro atoms. The molecule has 4 aromatic rings. The second kappa shape index (κ2) is 8.40. The first-order valence-corrected chi connectivity index (χ1v) is 10.9. The average molecular weight is 454 g/mol. The van der Waals surface area contributed by atoms with Gasteiger partial charge in [-0.15, -0.1) is 0 Å². The van der Waals surface area contributed by atoms with Crippen LogP contribution in [-0.2, 0) is 10.0 Å². The number of ether oxygens (including phenoxy) is 2. The maximum Gasteiger partial charge on any atom is 0.238 e. The number of para-hydroxylation sites is 2. The number of nitrogens with two attached hydrogens (primary N) is 1. The summed E-state index contributed by atoms with van der Waals surface area (Å²) in [4.78, 5) is 8.68. The van der Waals surface area contributed by atoms with Gasteiger partial charge >= 0.3 is 0 Å². The number of benzene rings is 3. The van der Waals surface area contributed by atoms with E-state index in [2.05, 4.69) is 15.3 Å². The van der Waals surface area contributed by atoms with E-state index in [4.69, 9.17) is 14.6 Å². The van der Waals surface area contributed by atoms with Crippen LogP contribution in [0.3, 0.4) is 0 Å². The summed E-state index contributed by atoms with van der Waals surface area (Å²) in [6.45, 7) is 0. The quantitative estimate of drug-likeness (QED) is 0.455. The van der Waals surface area contributed by atoms with Gasteiger partial charge in [0.05, 0.1) is 35.7 Å². The van der Waals surface area contributed by atoms with Crippen molar-refractivity contribution in [2.24, 2.45) is 5.14 Å². The van der Waals surface area contributed by atoms with Gasteiger partial charge in [-0.25, -0.2) is 27.9 Å². The summed E-state index contributed by atoms with van der Waals surface area (Å²) in [5.41, 5.74) is 1.22. The van der Waals surface area contributed by atoms with Crippen molar-refractivity contribution in [3.63, 3.8) is 0 Å². The zero-order valence-electron chi connectivity index (χ0n) is 17.2. The van der Waals surface area contributed by atoms with Crippen LogP contribution in [0.5, 0.6) is 11.5 Å². The number of anilines is 2.